The molecule has 2 aromatic rings. The minimum absolute atomic E-state index is 0.0513. The van der Waals surface area contributed by atoms with Crippen LogP contribution in [0.25, 0.3) is 0 Å². The normalized spacial score (nSPS) is 10.8. The van der Waals surface area contributed by atoms with E-state index in [9.17, 15) is 4.79 Å². The van der Waals surface area contributed by atoms with Gasteiger partial charge in [0.1, 0.15) is 0 Å². The van der Waals surface area contributed by atoms with Crippen LogP contribution in [-0.4, -0.2) is 5.78 Å². The fourth-order valence-electron chi connectivity index (χ4n) is 2.26. The quantitative estimate of drug-likeness (QED) is 0.717. The molecular formula is C18H19ClO. The number of ketones is 1. The number of benzene rings is 2. The fraction of sp³-hybridized carbons (Fsp3) is 0.278. The van der Waals surface area contributed by atoms with E-state index in [1.165, 1.54) is 5.56 Å². The second kappa shape index (κ2) is 6.23. The van der Waals surface area contributed by atoms with Gasteiger partial charge in [0.15, 0.2) is 5.78 Å². The van der Waals surface area contributed by atoms with Gasteiger partial charge in [0, 0.05) is 16.1 Å². The van der Waals surface area contributed by atoms with E-state index >= 15 is 0 Å². The van der Waals surface area contributed by atoms with Crippen LogP contribution in [0, 0.1) is 12.8 Å². The third-order valence-corrected chi connectivity index (χ3v) is 3.68. The molecule has 0 fully saturated rings. The Morgan fingerprint density at radius 1 is 1.10 bits per heavy atom. The van der Waals surface area contributed by atoms with Crippen molar-refractivity contribution in [2.45, 2.75) is 27.2 Å². The van der Waals surface area contributed by atoms with Gasteiger partial charge >= 0.3 is 0 Å². The third kappa shape index (κ3) is 3.49. The summed E-state index contributed by atoms with van der Waals surface area (Å²) in [5, 5.41) is 0.690. The predicted octanol–water partition coefficient (Wildman–Crippen LogP) is 5.08. The van der Waals surface area contributed by atoms with Crippen LogP contribution < -0.4 is 0 Å². The first-order valence-corrected chi connectivity index (χ1v) is 7.25. The zero-order valence-electron chi connectivity index (χ0n) is 12.1. The number of carbonyl (C=O) groups is 1. The number of hydrogen-bond donors (Lipinski definition) is 0. The number of carbonyl (C=O) groups excluding carboxylic acids is 1. The first kappa shape index (κ1) is 14.8. The van der Waals surface area contributed by atoms with E-state index in [1.807, 2.05) is 31.2 Å². The summed E-state index contributed by atoms with van der Waals surface area (Å²) in [5.41, 5.74) is 3.56. The van der Waals surface area contributed by atoms with Gasteiger partial charge in [-0.1, -0.05) is 43.6 Å². The molecule has 0 unspecified atom stereocenters. The van der Waals surface area contributed by atoms with Crippen LogP contribution in [0.4, 0.5) is 0 Å². The van der Waals surface area contributed by atoms with Gasteiger partial charge in [-0.25, -0.2) is 0 Å². The largest absolute Gasteiger partial charge is 0.289 e. The summed E-state index contributed by atoms with van der Waals surface area (Å²) in [4.78, 5) is 12.5. The molecule has 104 valence electrons. The van der Waals surface area contributed by atoms with Crippen LogP contribution in [-0.2, 0) is 6.42 Å². The summed E-state index contributed by atoms with van der Waals surface area (Å²) in [5.74, 6) is 0.633. The molecule has 1 nitrogen and oxygen atoms in total. The molecule has 0 spiro atoms. The minimum Gasteiger partial charge on any atom is -0.289 e. The summed E-state index contributed by atoms with van der Waals surface area (Å²) in [6, 6.07) is 13.3. The molecule has 0 heterocycles. The van der Waals surface area contributed by atoms with Crippen molar-refractivity contribution in [3.63, 3.8) is 0 Å². The standard InChI is InChI=1S/C18H19ClO/c1-12(2)9-14-5-4-6-15(11-14)18(20)16-7-8-17(19)13(3)10-16/h4-8,10-12H,9H2,1-3H3. The van der Waals surface area contributed by atoms with E-state index in [0.29, 0.717) is 16.5 Å². The van der Waals surface area contributed by atoms with Crippen LogP contribution in [0.15, 0.2) is 42.5 Å². The highest BCUT2D eigenvalue weighted by molar-refractivity contribution is 6.31. The van der Waals surface area contributed by atoms with Crippen molar-refractivity contribution >= 4 is 17.4 Å². The minimum atomic E-state index is 0.0513. The number of hydrogen-bond acceptors (Lipinski definition) is 1. The molecule has 0 aliphatic carbocycles. The van der Waals surface area contributed by atoms with Crippen molar-refractivity contribution in [2.24, 2.45) is 5.92 Å². The molecule has 0 radical (unpaired) electrons. The summed E-state index contributed by atoms with van der Waals surface area (Å²) in [7, 11) is 0. The lowest BCUT2D eigenvalue weighted by Crippen LogP contribution is -2.03. The van der Waals surface area contributed by atoms with Crippen LogP contribution >= 0.6 is 11.6 Å². The van der Waals surface area contributed by atoms with Crippen molar-refractivity contribution in [1.82, 2.24) is 0 Å². The lowest BCUT2D eigenvalue weighted by molar-refractivity contribution is 0.103. The Morgan fingerprint density at radius 3 is 2.45 bits per heavy atom. The molecule has 0 amide bonds. The SMILES string of the molecule is Cc1cc(C(=O)c2cccc(CC(C)C)c2)ccc1Cl. The van der Waals surface area contributed by atoms with Gasteiger partial charge in [0.25, 0.3) is 0 Å². The molecule has 0 N–H and O–H groups in total. The van der Waals surface area contributed by atoms with Crippen molar-refractivity contribution < 1.29 is 4.79 Å². The van der Waals surface area contributed by atoms with Gasteiger partial charge in [-0.15, -0.1) is 0 Å². The average molecular weight is 287 g/mol. The number of rotatable bonds is 4. The van der Waals surface area contributed by atoms with Crippen LogP contribution in [0.1, 0.15) is 40.9 Å². The van der Waals surface area contributed by atoms with Crippen LogP contribution in [0.5, 0.6) is 0 Å². The summed E-state index contributed by atoms with van der Waals surface area (Å²) < 4.78 is 0. The zero-order valence-corrected chi connectivity index (χ0v) is 12.9. The van der Waals surface area contributed by atoms with Gasteiger partial charge in [-0.3, -0.25) is 4.79 Å². The number of aryl methyl sites for hydroxylation is 1. The summed E-state index contributed by atoms with van der Waals surface area (Å²) >= 11 is 6.00. The Bertz CT molecular complexity index is 629. The first-order valence-electron chi connectivity index (χ1n) is 6.87. The highest BCUT2D eigenvalue weighted by Crippen LogP contribution is 2.19. The van der Waals surface area contributed by atoms with E-state index in [0.717, 1.165) is 17.5 Å². The molecule has 2 aromatic carbocycles. The smallest absolute Gasteiger partial charge is 0.193 e. The highest BCUT2D eigenvalue weighted by atomic mass is 35.5. The molecule has 20 heavy (non-hydrogen) atoms. The maximum absolute atomic E-state index is 12.5. The van der Waals surface area contributed by atoms with Crippen LogP contribution in [0.3, 0.4) is 0 Å². The van der Waals surface area contributed by atoms with Gasteiger partial charge in [-0.05, 0) is 54.7 Å². The molecule has 0 bridgehead atoms. The zero-order chi connectivity index (χ0) is 14.7. The van der Waals surface area contributed by atoms with Gasteiger partial charge < -0.3 is 0 Å². The molecule has 0 aliphatic rings. The lowest BCUT2D eigenvalue weighted by atomic mass is 9.97. The Balaban J connectivity index is 2.30. The second-order valence-corrected chi connectivity index (χ2v) is 6.00. The molecule has 0 atom stereocenters. The molecule has 0 saturated heterocycles. The molecular weight excluding hydrogens is 268 g/mol. The second-order valence-electron chi connectivity index (χ2n) is 5.59. The van der Waals surface area contributed by atoms with E-state index in [1.54, 1.807) is 12.1 Å². The molecule has 2 heteroatoms. The van der Waals surface area contributed by atoms with Crippen molar-refractivity contribution in [3.05, 3.63) is 69.7 Å². The van der Waals surface area contributed by atoms with E-state index < -0.39 is 0 Å². The van der Waals surface area contributed by atoms with E-state index in [2.05, 4.69) is 19.9 Å². The van der Waals surface area contributed by atoms with Crippen LogP contribution in [0.2, 0.25) is 5.02 Å². The van der Waals surface area contributed by atoms with E-state index in [4.69, 9.17) is 11.6 Å². The Hall–Kier alpha value is -1.60. The topological polar surface area (TPSA) is 17.1 Å². The fourth-order valence-corrected chi connectivity index (χ4v) is 2.38. The van der Waals surface area contributed by atoms with Gasteiger partial charge in [0.05, 0.1) is 0 Å². The Morgan fingerprint density at radius 2 is 1.80 bits per heavy atom. The maximum atomic E-state index is 12.5. The van der Waals surface area contributed by atoms with Crippen molar-refractivity contribution in [3.8, 4) is 0 Å². The summed E-state index contributed by atoms with van der Waals surface area (Å²) in [6.07, 6.45) is 0.987. The third-order valence-electron chi connectivity index (χ3n) is 3.25. The van der Waals surface area contributed by atoms with Crippen molar-refractivity contribution in [2.75, 3.05) is 0 Å². The highest BCUT2D eigenvalue weighted by Gasteiger charge is 2.11. The summed E-state index contributed by atoms with van der Waals surface area (Å²) in [6.45, 7) is 6.27. The average Bonchev–Trinajstić information content (AvgIpc) is 2.40. The van der Waals surface area contributed by atoms with Gasteiger partial charge in [-0.2, -0.15) is 0 Å². The lowest BCUT2D eigenvalue weighted by Gasteiger charge is -2.08. The maximum Gasteiger partial charge on any atom is 0.193 e. The van der Waals surface area contributed by atoms with Crippen molar-refractivity contribution in [1.29, 1.82) is 0 Å². The predicted molar refractivity (Wildman–Crippen MR) is 84.6 cm³/mol. The molecule has 0 aromatic heterocycles. The number of halogens is 1. The monoisotopic (exact) mass is 286 g/mol. The Kier molecular flexibility index (Phi) is 4.61. The molecule has 0 saturated carbocycles. The van der Waals surface area contributed by atoms with Gasteiger partial charge in [0.2, 0.25) is 0 Å². The molecule has 0 aliphatic heterocycles. The Labute approximate surface area is 125 Å². The molecule has 2 rings (SSSR count). The van der Waals surface area contributed by atoms with E-state index in [-0.39, 0.29) is 5.78 Å². The first-order chi connectivity index (χ1) is 9.47.